The SMILES string of the molecule is C[C@@H]1NCCc2[nH]ccc21. The fraction of sp³-hybridized carbons (Fsp3) is 0.500. The molecule has 0 radical (unpaired) electrons. The molecule has 2 N–H and O–H groups in total. The molecule has 0 fully saturated rings. The molecule has 0 bridgehead atoms. The van der Waals surface area contributed by atoms with Crippen LogP contribution < -0.4 is 5.32 Å². The molecule has 2 heterocycles. The van der Waals surface area contributed by atoms with Crippen LogP contribution in [0, 0.1) is 0 Å². The van der Waals surface area contributed by atoms with Gasteiger partial charge in [-0.25, -0.2) is 0 Å². The van der Waals surface area contributed by atoms with Crippen LogP contribution in [0.5, 0.6) is 0 Å². The lowest BCUT2D eigenvalue weighted by molar-refractivity contribution is 0.538. The van der Waals surface area contributed by atoms with Gasteiger partial charge in [0.2, 0.25) is 0 Å². The fourth-order valence-electron chi connectivity index (χ4n) is 1.56. The van der Waals surface area contributed by atoms with Crippen molar-refractivity contribution in [3.8, 4) is 0 Å². The zero-order valence-corrected chi connectivity index (χ0v) is 6.15. The van der Waals surface area contributed by atoms with Gasteiger partial charge in [-0.05, 0) is 18.6 Å². The van der Waals surface area contributed by atoms with E-state index in [1.54, 1.807) is 0 Å². The molecule has 1 atom stereocenters. The van der Waals surface area contributed by atoms with E-state index >= 15 is 0 Å². The lowest BCUT2D eigenvalue weighted by atomic mass is 10.0. The number of aromatic amines is 1. The third-order valence-corrected chi connectivity index (χ3v) is 2.16. The molecule has 0 saturated heterocycles. The zero-order valence-electron chi connectivity index (χ0n) is 6.15. The highest BCUT2D eigenvalue weighted by Crippen LogP contribution is 2.20. The van der Waals surface area contributed by atoms with E-state index in [0.717, 1.165) is 13.0 Å². The van der Waals surface area contributed by atoms with Gasteiger partial charge in [-0.15, -0.1) is 0 Å². The molecule has 2 nitrogen and oxygen atoms in total. The van der Waals surface area contributed by atoms with Crippen molar-refractivity contribution in [2.45, 2.75) is 19.4 Å². The Labute approximate surface area is 60.6 Å². The highest BCUT2D eigenvalue weighted by Gasteiger charge is 2.14. The van der Waals surface area contributed by atoms with E-state index in [1.165, 1.54) is 11.3 Å². The maximum absolute atomic E-state index is 3.40. The van der Waals surface area contributed by atoms with Crippen LogP contribution in [0.4, 0.5) is 0 Å². The molecule has 1 aromatic heterocycles. The summed E-state index contributed by atoms with van der Waals surface area (Å²) in [6.07, 6.45) is 3.17. The van der Waals surface area contributed by atoms with Gasteiger partial charge in [0, 0.05) is 30.9 Å². The highest BCUT2D eigenvalue weighted by atomic mass is 14.9. The molecular weight excluding hydrogens is 124 g/mol. The van der Waals surface area contributed by atoms with Crippen molar-refractivity contribution in [2.24, 2.45) is 0 Å². The van der Waals surface area contributed by atoms with E-state index in [1.807, 2.05) is 6.20 Å². The van der Waals surface area contributed by atoms with Crippen molar-refractivity contribution >= 4 is 0 Å². The number of nitrogens with one attached hydrogen (secondary N) is 2. The van der Waals surface area contributed by atoms with E-state index in [0.29, 0.717) is 6.04 Å². The van der Waals surface area contributed by atoms with Crippen LogP contribution >= 0.6 is 0 Å². The van der Waals surface area contributed by atoms with Crippen molar-refractivity contribution in [3.63, 3.8) is 0 Å². The minimum atomic E-state index is 0.537. The summed E-state index contributed by atoms with van der Waals surface area (Å²) in [5.41, 5.74) is 2.84. The van der Waals surface area contributed by atoms with Crippen LogP contribution in [0.15, 0.2) is 12.3 Å². The maximum atomic E-state index is 3.40. The van der Waals surface area contributed by atoms with Gasteiger partial charge in [0.25, 0.3) is 0 Å². The number of fused-ring (bicyclic) bond motifs is 1. The smallest absolute Gasteiger partial charge is 0.0309 e. The summed E-state index contributed by atoms with van der Waals surface area (Å²) in [5.74, 6) is 0. The first-order chi connectivity index (χ1) is 4.88. The van der Waals surface area contributed by atoms with Gasteiger partial charge in [-0.3, -0.25) is 0 Å². The number of H-pyrrole nitrogens is 1. The van der Waals surface area contributed by atoms with Gasteiger partial charge < -0.3 is 10.3 Å². The summed E-state index contributed by atoms with van der Waals surface area (Å²) in [4.78, 5) is 3.25. The molecule has 0 aliphatic carbocycles. The van der Waals surface area contributed by atoms with Crippen LogP contribution in [0.1, 0.15) is 24.2 Å². The predicted molar refractivity (Wildman–Crippen MR) is 40.9 cm³/mol. The monoisotopic (exact) mass is 136 g/mol. The van der Waals surface area contributed by atoms with Gasteiger partial charge in [0.15, 0.2) is 0 Å². The van der Waals surface area contributed by atoms with E-state index in [2.05, 4.69) is 23.3 Å². The Morgan fingerprint density at radius 2 is 2.50 bits per heavy atom. The van der Waals surface area contributed by atoms with Crippen LogP contribution in [-0.2, 0) is 6.42 Å². The van der Waals surface area contributed by atoms with Crippen molar-refractivity contribution in [2.75, 3.05) is 6.54 Å². The number of hydrogen-bond acceptors (Lipinski definition) is 1. The van der Waals surface area contributed by atoms with E-state index in [-0.39, 0.29) is 0 Å². The van der Waals surface area contributed by atoms with Gasteiger partial charge in [0.1, 0.15) is 0 Å². The topological polar surface area (TPSA) is 27.8 Å². The fourth-order valence-corrected chi connectivity index (χ4v) is 1.56. The summed E-state index contributed by atoms with van der Waals surface area (Å²) in [5, 5.41) is 3.40. The second-order valence-electron chi connectivity index (χ2n) is 2.84. The molecule has 1 aromatic rings. The quantitative estimate of drug-likeness (QED) is 0.551. The minimum Gasteiger partial charge on any atom is -0.365 e. The average Bonchev–Trinajstić information content (AvgIpc) is 2.36. The van der Waals surface area contributed by atoms with Crippen LogP contribution in [0.25, 0.3) is 0 Å². The summed E-state index contributed by atoms with van der Waals surface area (Å²) in [7, 11) is 0. The first-order valence-corrected chi connectivity index (χ1v) is 3.77. The van der Waals surface area contributed by atoms with Crippen molar-refractivity contribution in [1.29, 1.82) is 0 Å². The average molecular weight is 136 g/mol. The van der Waals surface area contributed by atoms with E-state index in [4.69, 9.17) is 0 Å². The molecule has 10 heavy (non-hydrogen) atoms. The first kappa shape index (κ1) is 5.98. The Morgan fingerprint density at radius 3 is 3.30 bits per heavy atom. The zero-order chi connectivity index (χ0) is 6.97. The van der Waals surface area contributed by atoms with Crippen LogP contribution in [-0.4, -0.2) is 11.5 Å². The Hall–Kier alpha value is -0.760. The van der Waals surface area contributed by atoms with Crippen molar-refractivity contribution < 1.29 is 0 Å². The molecule has 0 aromatic carbocycles. The summed E-state index contributed by atoms with van der Waals surface area (Å²) in [6.45, 7) is 3.31. The summed E-state index contributed by atoms with van der Waals surface area (Å²) < 4.78 is 0. The summed E-state index contributed by atoms with van der Waals surface area (Å²) >= 11 is 0. The second-order valence-corrected chi connectivity index (χ2v) is 2.84. The molecule has 0 unspecified atom stereocenters. The normalized spacial score (nSPS) is 24.3. The van der Waals surface area contributed by atoms with Crippen LogP contribution in [0.3, 0.4) is 0 Å². The Morgan fingerprint density at radius 1 is 1.60 bits per heavy atom. The Bertz CT molecular complexity index is 227. The van der Waals surface area contributed by atoms with E-state index < -0.39 is 0 Å². The van der Waals surface area contributed by atoms with Gasteiger partial charge >= 0.3 is 0 Å². The Kier molecular flexibility index (Phi) is 1.27. The molecular formula is C8H12N2. The number of aromatic nitrogens is 1. The maximum Gasteiger partial charge on any atom is 0.0309 e. The molecule has 2 rings (SSSR count). The molecule has 0 saturated carbocycles. The standard InChI is InChI=1S/C8H12N2/c1-6-7-2-4-10-8(7)3-5-9-6/h2,4,6,9-10H,3,5H2,1H3/t6-/m0/s1. The van der Waals surface area contributed by atoms with Crippen molar-refractivity contribution in [1.82, 2.24) is 10.3 Å². The highest BCUT2D eigenvalue weighted by molar-refractivity contribution is 5.26. The Balaban J connectivity index is 2.41. The number of rotatable bonds is 0. The van der Waals surface area contributed by atoms with Crippen LogP contribution in [0.2, 0.25) is 0 Å². The predicted octanol–water partition coefficient (Wildman–Crippen LogP) is 1.22. The molecule has 0 amide bonds. The molecule has 1 aliphatic heterocycles. The molecule has 0 spiro atoms. The number of hydrogen-bond donors (Lipinski definition) is 2. The summed E-state index contributed by atoms with van der Waals surface area (Å²) in [6, 6.07) is 2.70. The lowest BCUT2D eigenvalue weighted by Crippen LogP contribution is -2.26. The van der Waals surface area contributed by atoms with Gasteiger partial charge in [-0.2, -0.15) is 0 Å². The minimum absolute atomic E-state index is 0.537. The van der Waals surface area contributed by atoms with Gasteiger partial charge in [-0.1, -0.05) is 0 Å². The molecule has 2 heteroatoms. The molecule has 1 aliphatic rings. The van der Waals surface area contributed by atoms with Crippen molar-refractivity contribution in [3.05, 3.63) is 23.5 Å². The largest absolute Gasteiger partial charge is 0.365 e. The van der Waals surface area contributed by atoms with Gasteiger partial charge in [0.05, 0.1) is 0 Å². The third kappa shape index (κ3) is 0.762. The second kappa shape index (κ2) is 2.13. The lowest BCUT2D eigenvalue weighted by Gasteiger charge is -2.19. The third-order valence-electron chi connectivity index (χ3n) is 2.16. The van der Waals surface area contributed by atoms with E-state index in [9.17, 15) is 0 Å². The first-order valence-electron chi connectivity index (χ1n) is 3.77. The molecule has 54 valence electrons.